The average molecular weight is 269 g/mol. The maximum Gasteiger partial charge on any atom is 0.102 e. The van der Waals surface area contributed by atoms with Crippen LogP contribution in [0.25, 0.3) is 0 Å². The van der Waals surface area contributed by atoms with Crippen LogP contribution in [0.15, 0.2) is 47.4 Å². The van der Waals surface area contributed by atoms with Gasteiger partial charge >= 0.3 is 0 Å². The monoisotopic (exact) mass is 269 g/mol. The Morgan fingerprint density at radius 3 is 2.68 bits per heavy atom. The van der Waals surface area contributed by atoms with Crippen molar-refractivity contribution >= 4 is 23.1 Å². The second kappa shape index (κ2) is 6.17. The predicted octanol–water partition coefficient (Wildman–Crippen LogP) is 3.47. The molecule has 3 N–H and O–H groups in total. The van der Waals surface area contributed by atoms with Crippen molar-refractivity contribution in [2.45, 2.75) is 11.4 Å². The molecule has 0 aliphatic carbocycles. The van der Waals surface area contributed by atoms with Crippen LogP contribution in [0.3, 0.4) is 0 Å². The summed E-state index contributed by atoms with van der Waals surface area (Å²) in [4.78, 5) is 0.980. The number of benzene rings is 2. The maximum absolute atomic E-state index is 9.25. The molecule has 0 aromatic heterocycles. The lowest BCUT2D eigenvalue weighted by molar-refractivity contribution is 1.14. The number of para-hydroxylation sites is 1. The van der Waals surface area contributed by atoms with Crippen molar-refractivity contribution < 1.29 is 0 Å². The summed E-state index contributed by atoms with van der Waals surface area (Å²) in [5, 5.41) is 12.5. The van der Waals surface area contributed by atoms with Crippen molar-refractivity contribution in [1.29, 1.82) is 5.26 Å². The van der Waals surface area contributed by atoms with Gasteiger partial charge in [-0.25, -0.2) is 0 Å². The largest absolute Gasteiger partial charge is 0.398 e. The van der Waals surface area contributed by atoms with Gasteiger partial charge in [-0.15, -0.1) is 11.8 Å². The Kier molecular flexibility index (Phi) is 4.32. The van der Waals surface area contributed by atoms with Crippen molar-refractivity contribution in [3.63, 3.8) is 0 Å². The number of rotatable bonds is 4. The van der Waals surface area contributed by atoms with Gasteiger partial charge in [-0.05, 0) is 30.0 Å². The maximum atomic E-state index is 9.25. The smallest absolute Gasteiger partial charge is 0.102 e. The van der Waals surface area contributed by atoms with E-state index in [9.17, 15) is 5.26 Å². The van der Waals surface area contributed by atoms with E-state index in [0.29, 0.717) is 12.1 Å². The van der Waals surface area contributed by atoms with Crippen LogP contribution < -0.4 is 11.1 Å². The zero-order valence-electron chi connectivity index (χ0n) is 10.7. The SMILES string of the molecule is CSc1cccc(NCc2ccccc2N)c1C#N. The van der Waals surface area contributed by atoms with Gasteiger partial charge in [-0.3, -0.25) is 0 Å². The summed E-state index contributed by atoms with van der Waals surface area (Å²) in [5.74, 6) is 0. The minimum atomic E-state index is 0.610. The van der Waals surface area contributed by atoms with E-state index in [1.54, 1.807) is 11.8 Å². The number of thioether (sulfide) groups is 1. The second-order valence-electron chi connectivity index (χ2n) is 4.05. The first-order valence-electron chi connectivity index (χ1n) is 5.90. The fraction of sp³-hybridized carbons (Fsp3) is 0.133. The van der Waals surface area contributed by atoms with E-state index >= 15 is 0 Å². The first-order valence-corrected chi connectivity index (χ1v) is 7.13. The lowest BCUT2D eigenvalue weighted by Crippen LogP contribution is -2.04. The number of hydrogen-bond acceptors (Lipinski definition) is 4. The summed E-state index contributed by atoms with van der Waals surface area (Å²) < 4.78 is 0. The quantitative estimate of drug-likeness (QED) is 0.659. The molecule has 3 nitrogen and oxygen atoms in total. The summed E-state index contributed by atoms with van der Waals surface area (Å²) in [6.07, 6.45) is 1.97. The van der Waals surface area contributed by atoms with Crippen LogP contribution in [0.1, 0.15) is 11.1 Å². The highest BCUT2D eigenvalue weighted by atomic mass is 32.2. The minimum Gasteiger partial charge on any atom is -0.398 e. The highest BCUT2D eigenvalue weighted by molar-refractivity contribution is 7.98. The van der Waals surface area contributed by atoms with Crippen LogP contribution in [-0.4, -0.2) is 6.26 Å². The van der Waals surface area contributed by atoms with Gasteiger partial charge in [0.1, 0.15) is 6.07 Å². The topological polar surface area (TPSA) is 61.8 Å². The van der Waals surface area contributed by atoms with Gasteiger partial charge in [0.15, 0.2) is 0 Å². The van der Waals surface area contributed by atoms with Crippen molar-refractivity contribution in [1.82, 2.24) is 0 Å². The van der Waals surface area contributed by atoms with E-state index in [0.717, 1.165) is 21.8 Å². The molecule has 0 amide bonds. The van der Waals surface area contributed by atoms with Gasteiger partial charge in [0.05, 0.1) is 11.3 Å². The average Bonchev–Trinajstić information content (AvgIpc) is 2.45. The van der Waals surface area contributed by atoms with E-state index < -0.39 is 0 Å². The Hall–Kier alpha value is -2.12. The minimum absolute atomic E-state index is 0.610. The third-order valence-corrected chi connectivity index (χ3v) is 3.66. The zero-order valence-corrected chi connectivity index (χ0v) is 11.5. The molecule has 19 heavy (non-hydrogen) atoms. The molecule has 2 aromatic rings. The third kappa shape index (κ3) is 3.01. The van der Waals surface area contributed by atoms with E-state index in [-0.39, 0.29) is 0 Å². The third-order valence-electron chi connectivity index (χ3n) is 2.88. The summed E-state index contributed by atoms with van der Waals surface area (Å²) in [7, 11) is 0. The highest BCUT2D eigenvalue weighted by Gasteiger charge is 2.07. The summed E-state index contributed by atoms with van der Waals surface area (Å²) in [6, 6.07) is 15.8. The standard InChI is InChI=1S/C15H15N3S/c1-19-15-8-4-7-14(12(15)9-16)18-10-11-5-2-3-6-13(11)17/h2-8,18H,10,17H2,1H3. The molecule has 0 saturated heterocycles. The van der Waals surface area contributed by atoms with Crippen LogP contribution in [0, 0.1) is 11.3 Å². The number of hydrogen-bond donors (Lipinski definition) is 2. The van der Waals surface area contributed by atoms with Crippen LogP contribution >= 0.6 is 11.8 Å². The molecule has 0 radical (unpaired) electrons. The van der Waals surface area contributed by atoms with E-state index in [1.165, 1.54) is 0 Å². The van der Waals surface area contributed by atoms with Crippen LogP contribution in [0.2, 0.25) is 0 Å². The molecule has 4 heteroatoms. The predicted molar refractivity (Wildman–Crippen MR) is 81.1 cm³/mol. The number of nitrogens with zero attached hydrogens (tertiary/aromatic N) is 1. The first kappa shape index (κ1) is 13.3. The number of nitrogens with two attached hydrogens (primary N) is 1. The van der Waals surface area contributed by atoms with Gasteiger partial charge in [-0.1, -0.05) is 24.3 Å². The van der Waals surface area contributed by atoms with Crippen molar-refractivity contribution in [3.05, 3.63) is 53.6 Å². The molecule has 2 rings (SSSR count). The van der Waals surface area contributed by atoms with E-state index in [1.807, 2.05) is 48.7 Å². The van der Waals surface area contributed by atoms with Gasteiger partial charge < -0.3 is 11.1 Å². The molecule has 0 bridgehead atoms. The molecule has 0 fully saturated rings. The summed E-state index contributed by atoms with van der Waals surface area (Å²) in [6.45, 7) is 0.610. The van der Waals surface area contributed by atoms with E-state index in [4.69, 9.17) is 5.73 Å². The van der Waals surface area contributed by atoms with Crippen molar-refractivity contribution in [2.24, 2.45) is 0 Å². The Labute approximate surface area is 117 Å². The zero-order chi connectivity index (χ0) is 13.7. The highest BCUT2D eigenvalue weighted by Crippen LogP contribution is 2.26. The summed E-state index contributed by atoms with van der Waals surface area (Å²) in [5.41, 5.74) is 9.22. The molecule has 0 saturated carbocycles. The van der Waals surface area contributed by atoms with E-state index in [2.05, 4.69) is 11.4 Å². The Morgan fingerprint density at radius 1 is 1.21 bits per heavy atom. The fourth-order valence-corrected chi connectivity index (χ4v) is 2.42. The fourth-order valence-electron chi connectivity index (χ4n) is 1.85. The van der Waals surface area contributed by atoms with Gasteiger partial charge in [0.25, 0.3) is 0 Å². The number of nitrogens with one attached hydrogen (secondary N) is 1. The van der Waals surface area contributed by atoms with Gasteiger partial charge in [0.2, 0.25) is 0 Å². The molecule has 96 valence electrons. The van der Waals surface area contributed by atoms with Gasteiger partial charge in [-0.2, -0.15) is 5.26 Å². The molecular formula is C15H15N3S. The molecule has 2 aromatic carbocycles. The Morgan fingerprint density at radius 2 is 2.00 bits per heavy atom. The molecule has 0 atom stereocenters. The van der Waals surface area contributed by atoms with Crippen molar-refractivity contribution in [2.75, 3.05) is 17.3 Å². The number of nitriles is 1. The van der Waals surface area contributed by atoms with Crippen LogP contribution in [-0.2, 0) is 6.54 Å². The lowest BCUT2D eigenvalue weighted by Gasteiger charge is -2.11. The molecule has 0 unspecified atom stereocenters. The van der Waals surface area contributed by atoms with Crippen LogP contribution in [0.4, 0.5) is 11.4 Å². The normalized spacial score (nSPS) is 9.89. The Bertz CT molecular complexity index is 617. The molecule has 0 spiro atoms. The first-order chi connectivity index (χ1) is 9.26. The molecule has 0 aliphatic heterocycles. The number of nitrogen functional groups attached to an aromatic ring is 1. The lowest BCUT2D eigenvalue weighted by atomic mass is 10.1. The summed E-state index contributed by atoms with van der Waals surface area (Å²) >= 11 is 1.57. The Balaban J connectivity index is 2.21. The van der Waals surface area contributed by atoms with Crippen LogP contribution in [0.5, 0.6) is 0 Å². The molecular weight excluding hydrogens is 254 g/mol. The van der Waals surface area contributed by atoms with Gasteiger partial charge in [0, 0.05) is 17.1 Å². The molecule has 0 aliphatic rings. The van der Waals surface area contributed by atoms with Crippen molar-refractivity contribution in [3.8, 4) is 6.07 Å². The molecule has 0 heterocycles. The second-order valence-corrected chi connectivity index (χ2v) is 4.90. The number of anilines is 2.